The fourth-order valence-electron chi connectivity index (χ4n) is 7.39. The molecule has 39 heavy (non-hydrogen) atoms. The van der Waals surface area contributed by atoms with Crippen molar-refractivity contribution in [1.82, 2.24) is 9.88 Å². The molecule has 8 nitrogen and oxygen atoms in total. The van der Waals surface area contributed by atoms with Crippen molar-refractivity contribution in [3.63, 3.8) is 0 Å². The summed E-state index contributed by atoms with van der Waals surface area (Å²) in [4.78, 5) is 23.3. The number of hydrogen-bond acceptors (Lipinski definition) is 8. The second-order valence-corrected chi connectivity index (χ2v) is 11.3. The third kappa shape index (κ3) is 4.44. The molecule has 0 radical (unpaired) electrons. The number of halogens is 3. The summed E-state index contributed by atoms with van der Waals surface area (Å²) in [6.07, 6.45) is 1.02. The number of pyridine rings is 1. The summed E-state index contributed by atoms with van der Waals surface area (Å²) >= 11 is 0. The Bertz CT molecular complexity index is 1240. The standard InChI is InChI=1S/C28H32F3N5O3/c29-28(30,31)16-36-19-9-17(12-37)26(25(36)15-38-13-19)35-11-21-23(34-10-20-6-5-18(34)14-39-20)7-8-32-27(21)33-22-3-1-2-4-24(22)35/h1-4,7-8,12,17-20,25-26H,5-6,9-11,13-16H2,(H,32,33)/t17?,18-,19-,20-,25-,26?/m0/s1. The van der Waals surface area contributed by atoms with Crippen LogP contribution < -0.4 is 15.1 Å². The number of aldehydes is 1. The Labute approximate surface area is 225 Å². The lowest BCUT2D eigenvalue weighted by atomic mass is 9.80. The zero-order chi connectivity index (χ0) is 26.7. The molecular weight excluding hydrogens is 511 g/mol. The number of rotatable bonds is 4. The Morgan fingerprint density at radius 2 is 1.92 bits per heavy atom. The first-order valence-electron chi connectivity index (χ1n) is 13.7. The van der Waals surface area contributed by atoms with Gasteiger partial charge in [0.1, 0.15) is 12.1 Å². The average molecular weight is 544 g/mol. The zero-order valence-electron chi connectivity index (χ0n) is 21.5. The predicted octanol–water partition coefficient (Wildman–Crippen LogP) is 3.73. The highest BCUT2D eigenvalue weighted by atomic mass is 19.4. The van der Waals surface area contributed by atoms with Gasteiger partial charge in [-0.1, -0.05) is 12.1 Å². The first-order chi connectivity index (χ1) is 18.9. The Morgan fingerprint density at radius 3 is 2.67 bits per heavy atom. The van der Waals surface area contributed by atoms with Crippen molar-refractivity contribution < 1.29 is 27.4 Å². The van der Waals surface area contributed by atoms with Crippen LogP contribution in [0, 0.1) is 5.92 Å². The van der Waals surface area contributed by atoms with Crippen LogP contribution in [0.4, 0.5) is 36.1 Å². The number of carbonyl (C=O) groups excluding carboxylic acids is 1. The highest BCUT2D eigenvalue weighted by Gasteiger charge is 2.51. The quantitative estimate of drug-likeness (QED) is 0.586. The van der Waals surface area contributed by atoms with Gasteiger partial charge in [-0.25, -0.2) is 4.98 Å². The monoisotopic (exact) mass is 543 g/mol. The summed E-state index contributed by atoms with van der Waals surface area (Å²) in [5, 5.41) is 3.51. The normalized spacial score (nSPS) is 32.2. The van der Waals surface area contributed by atoms with Gasteiger partial charge in [-0.2, -0.15) is 13.2 Å². The van der Waals surface area contributed by atoms with Crippen molar-refractivity contribution in [3.05, 3.63) is 42.1 Å². The number of alkyl halides is 3. The minimum Gasteiger partial charge on any atom is -0.378 e. The van der Waals surface area contributed by atoms with Crippen LogP contribution in [0.25, 0.3) is 0 Å². The fourth-order valence-corrected chi connectivity index (χ4v) is 7.39. The fraction of sp³-hybridized carbons (Fsp3) is 0.571. The van der Waals surface area contributed by atoms with Gasteiger partial charge >= 0.3 is 6.18 Å². The lowest BCUT2D eigenvalue weighted by molar-refractivity contribution is -0.187. The number of carbonyl (C=O) groups is 1. The molecular formula is C28H32F3N5O3. The number of hydrogen-bond donors (Lipinski definition) is 1. The molecule has 8 rings (SSSR count). The molecule has 5 saturated heterocycles. The highest BCUT2D eigenvalue weighted by Crippen LogP contribution is 2.45. The number of nitrogens with zero attached hydrogens (tertiary/aromatic N) is 4. The molecule has 208 valence electrons. The largest absolute Gasteiger partial charge is 0.401 e. The van der Waals surface area contributed by atoms with Gasteiger partial charge in [0.15, 0.2) is 0 Å². The molecule has 11 heteroatoms. The number of ether oxygens (including phenoxy) is 2. The molecule has 5 fully saturated rings. The molecule has 6 aliphatic rings. The van der Waals surface area contributed by atoms with Gasteiger partial charge in [0, 0.05) is 42.5 Å². The van der Waals surface area contributed by atoms with E-state index in [0.29, 0.717) is 19.6 Å². The van der Waals surface area contributed by atoms with Crippen LogP contribution in [0.5, 0.6) is 0 Å². The van der Waals surface area contributed by atoms with Crippen LogP contribution in [0.15, 0.2) is 36.5 Å². The molecule has 0 aliphatic carbocycles. The maximum absolute atomic E-state index is 13.7. The highest BCUT2D eigenvalue weighted by molar-refractivity contribution is 5.81. The Balaban J connectivity index is 1.32. The lowest BCUT2D eigenvalue weighted by Crippen LogP contribution is -2.68. The molecule has 4 bridgehead atoms. The summed E-state index contributed by atoms with van der Waals surface area (Å²) < 4.78 is 53.0. The number of anilines is 4. The smallest absolute Gasteiger partial charge is 0.378 e. The van der Waals surface area contributed by atoms with Gasteiger partial charge in [0.25, 0.3) is 0 Å². The first kappa shape index (κ1) is 25.1. The minimum atomic E-state index is -4.34. The average Bonchev–Trinajstić information content (AvgIpc) is 3.09. The number of para-hydroxylation sites is 2. The summed E-state index contributed by atoms with van der Waals surface area (Å²) in [5.41, 5.74) is 3.70. The van der Waals surface area contributed by atoms with Crippen molar-refractivity contribution in [2.24, 2.45) is 5.92 Å². The van der Waals surface area contributed by atoms with E-state index in [1.807, 2.05) is 36.5 Å². The van der Waals surface area contributed by atoms with E-state index in [1.165, 1.54) is 4.90 Å². The molecule has 2 aromatic rings. The summed E-state index contributed by atoms with van der Waals surface area (Å²) in [7, 11) is 0. The number of fused-ring (bicyclic) bond motifs is 7. The van der Waals surface area contributed by atoms with E-state index in [4.69, 9.17) is 14.5 Å². The SMILES string of the molecule is O=CC1C[C@H]2COC[C@@H](C1N1Cc3c(N4C[C@@H]5CC[C@H]4CO5)ccnc3Nc3ccccc31)N2CC(F)(F)F. The van der Waals surface area contributed by atoms with Crippen molar-refractivity contribution in [3.8, 4) is 0 Å². The van der Waals surface area contributed by atoms with E-state index in [2.05, 4.69) is 15.1 Å². The molecule has 2 unspecified atom stereocenters. The van der Waals surface area contributed by atoms with E-state index < -0.39 is 36.8 Å². The van der Waals surface area contributed by atoms with E-state index >= 15 is 0 Å². The van der Waals surface area contributed by atoms with Crippen LogP contribution in [-0.2, 0) is 20.8 Å². The predicted molar refractivity (Wildman–Crippen MR) is 139 cm³/mol. The maximum Gasteiger partial charge on any atom is 0.401 e. The van der Waals surface area contributed by atoms with Crippen molar-refractivity contribution in [2.45, 2.75) is 62.3 Å². The molecule has 0 amide bonds. The number of piperidine rings is 2. The van der Waals surface area contributed by atoms with Crippen LogP contribution in [0.1, 0.15) is 24.8 Å². The minimum absolute atomic E-state index is 0.146. The third-order valence-electron chi connectivity index (χ3n) is 9.09. The molecule has 6 atom stereocenters. The zero-order valence-corrected chi connectivity index (χ0v) is 21.5. The Hall–Kier alpha value is -2.89. The maximum atomic E-state index is 13.7. The molecule has 6 aliphatic heterocycles. The Morgan fingerprint density at radius 1 is 1.05 bits per heavy atom. The van der Waals surface area contributed by atoms with E-state index in [9.17, 15) is 18.0 Å². The molecule has 0 spiro atoms. The van der Waals surface area contributed by atoms with Crippen LogP contribution >= 0.6 is 0 Å². The molecule has 0 saturated carbocycles. The number of aromatic nitrogens is 1. The number of morpholine rings is 2. The van der Waals surface area contributed by atoms with Crippen LogP contribution in [0.2, 0.25) is 0 Å². The third-order valence-corrected chi connectivity index (χ3v) is 9.09. The number of nitrogens with one attached hydrogen (secondary N) is 1. The second kappa shape index (κ2) is 9.64. The lowest BCUT2D eigenvalue weighted by Gasteiger charge is -2.55. The number of benzene rings is 1. The van der Waals surface area contributed by atoms with Gasteiger partial charge < -0.3 is 29.4 Å². The van der Waals surface area contributed by atoms with Gasteiger partial charge in [-0.15, -0.1) is 0 Å². The first-order valence-corrected chi connectivity index (χ1v) is 13.7. The molecule has 7 heterocycles. The molecule has 1 N–H and O–H groups in total. The molecule has 1 aromatic heterocycles. The van der Waals surface area contributed by atoms with Gasteiger partial charge in [0.05, 0.1) is 62.0 Å². The van der Waals surface area contributed by atoms with Crippen LogP contribution in [0.3, 0.4) is 0 Å². The topological polar surface area (TPSA) is 70.2 Å². The summed E-state index contributed by atoms with van der Waals surface area (Å²) in [6.45, 7) is 1.23. The summed E-state index contributed by atoms with van der Waals surface area (Å²) in [6, 6.07) is 8.55. The van der Waals surface area contributed by atoms with Crippen molar-refractivity contribution in [1.29, 1.82) is 0 Å². The van der Waals surface area contributed by atoms with E-state index in [-0.39, 0.29) is 25.4 Å². The van der Waals surface area contributed by atoms with Crippen molar-refractivity contribution >= 4 is 29.2 Å². The van der Waals surface area contributed by atoms with Crippen LogP contribution in [-0.4, -0.2) is 85.5 Å². The second-order valence-electron chi connectivity index (χ2n) is 11.3. The van der Waals surface area contributed by atoms with Gasteiger partial charge in [0.2, 0.25) is 0 Å². The van der Waals surface area contributed by atoms with Crippen molar-refractivity contribution in [2.75, 3.05) is 48.0 Å². The van der Waals surface area contributed by atoms with Gasteiger partial charge in [-0.05, 0) is 37.5 Å². The summed E-state index contributed by atoms with van der Waals surface area (Å²) in [5.74, 6) is 0.302. The van der Waals surface area contributed by atoms with E-state index in [0.717, 1.165) is 54.1 Å². The van der Waals surface area contributed by atoms with E-state index in [1.54, 1.807) is 0 Å². The molecule has 1 aromatic carbocycles. The Kier molecular flexibility index (Phi) is 6.20. The van der Waals surface area contributed by atoms with Gasteiger partial charge in [-0.3, -0.25) is 4.90 Å².